The quantitative estimate of drug-likeness (QED) is 0.782. The molecule has 1 saturated carbocycles. The van der Waals surface area contributed by atoms with Gasteiger partial charge in [-0.3, -0.25) is 4.79 Å². The van der Waals surface area contributed by atoms with Gasteiger partial charge in [0.25, 0.3) is 5.91 Å². The molecule has 1 spiro atoms. The molecule has 0 unspecified atom stereocenters. The predicted octanol–water partition coefficient (Wildman–Crippen LogP) is 4.30. The van der Waals surface area contributed by atoms with Crippen molar-refractivity contribution < 1.29 is 9.18 Å². The Balaban J connectivity index is 0.00000169. The highest BCUT2D eigenvalue weighted by atomic mass is 35.5. The zero-order chi connectivity index (χ0) is 16.0. The lowest BCUT2D eigenvalue weighted by atomic mass is 9.80. The van der Waals surface area contributed by atoms with Crippen LogP contribution in [0.25, 0.3) is 0 Å². The van der Waals surface area contributed by atoms with Gasteiger partial charge in [0.15, 0.2) is 0 Å². The maximum absolute atomic E-state index is 14.5. The number of para-hydroxylation sites is 1. The minimum Gasteiger partial charge on any atom is -0.398 e. The third-order valence-corrected chi connectivity index (χ3v) is 5.27. The van der Waals surface area contributed by atoms with Gasteiger partial charge >= 0.3 is 0 Å². The van der Waals surface area contributed by atoms with Gasteiger partial charge in [0, 0.05) is 23.2 Å². The largest absolute Gasteiger partial charge is 0.398 e. The summed E-state index contributed by atoms with van der Waals surface area (Å²) in [7, 11) is 0. The van der Waals surface area contributed by atoms with Gasteiger partial charge in [0.1, 0.15) is 5.82 Å². The second kappa shape index (κ2) is 6.10. The smallest absolute Gasteiger partial charge is 0.260 e. The van der Waals surface area contributed by atoms with E-state index in [-0.39, 0.29) is 29.5 Å². The second-order valence-electron chi connectivity index (χ2n) is 6.60. The molecule has 126 valence electrons. The zero-order valence-corrected chi connectivity index (χ0v) is 14.1. The fraction of sp³-hybridized carbons (Fsp3) is 0.316. The van der Waals surface area contributed by atoms with Gasteiger partial charge in [-0.05, 0) is 37.1 Å². The molecule has 1 fully saturated rings. The molecule has 5 heteroatoms. The summed E-state index contributed by atoms with van der Waals surface area (Å²) < 4.78 is 14.5. The Morgan fingerprint density at radius 1 is 1.08 bits per heavy atom. The van der Waals surface area contributed by atoms with E-state index in [9.17, 15) is 9.18 Å². The van der Waals surface area contributed by atoms with E-state index in [1.165, 1.54) is 6.07 Å². The first-order valence-corrected chi connectivity index (χ1v) is 8.08. The summed E-state index contributed by atoms with van der Waals surface area (Å²) in [6.45, 7) is 0.552. The van der Waals surface area contributed by atoms with Gasteiger partial charge in [-0.25, -0.2) is 4.39 Å². The Morgan fingerprint density at radius 2 is 1.79 bits per heavy atom. The molecule has 1 amide bonds. The van der Waals surface area contributed by atoms with Crippen molar-refractivity contribution in [1.29, 1.82) is 0 Å². The summed E-state index contributed by atoms with van der Waals surface area (Å²) in [5.41, 5.74) is 8.12. The highest BCUT2D eigenvalue weighted by molar-refractivity contribution is 6.10. The molecule has 0 atom stereocenters. The van der Waals surface area contributed by atoms with Crippen molar-refractivity contribution in [2.24, 2.45) is 0 Å². The molecule has 0 bridgehead atoms. The molecule has 1 heterocycles. The highest BCUT2D eigenvalue weighted by Crippen LogP contribution is 2.51. The number of hydrogen-bond acceptors (Lipinski definition) is 2. The molecule has 0 aromatic heterocycles. The SMILES string of the molecule is Cl.Nc1ccccc1C(=O)N1CC2(CCCC2)c2c(F)cccc21. The van der Waals surface area contributed by atoms with Crippen LogP contribution < -0.4 is 10.6 Å². The minimum absolute atomic E-state index is 0. The van der Waals surface area contributed by atoms with Gasteiger partial charge < -0.3 is 10.6 Å². The molecular weight excluding hydrogens is 327 g/mol. The number of halogens is 2. The molecule has 2 aromatic rings. The van der Waals surface area contributed by atoms with Crippen LogP contribution in [0.5, 0.6) is 0 Å². The predicted molar refractivity (Wildman–Crippen MR) is 96.3 cm³/mol. The average molecular weight is 347 g/mol. The van der Waals surface area contributed by atoms with Crippen LogP contribution in [0.15, 0.2) is 42.5 Å². The Kier molecular flexibility index (Phi) is 4.26. The normalized spacial score (nSPS) is 17.6. The minimum atomic E-state index is -0.222. The van der Waals surface area contributed by atoms with Gasteiger partial charge in [0.2, 0.25) is 0 Å². The van der Waals surface area contributed by atoms with E-state index in [1.807, 2.05) is 12.1 Å². The van der Waals surface area contributed by atoms with Crippen LogP contribution in [0, 0.1) is 5.82 Å². The van der Waals surface area contributed by atoms with Crippen LogP contribution in [0.1, 0.15) is 41.6 Å². The number of amides is 1. The number of hydrogen-bond donors (Lipinski definition) is 1. The van der Waals surface area contributed by atoms with Gasteiger partial charge in [0.05, 0.1) is 11.3 Å². The lowest BCUT2D eigenvalue weighted by Crippen LogP contribution is -2.36. The van der Waals surface area contributed by atoms with E-state index in [1.54, 1.807) is 29.2 Å². The molecule has 2 aliphatic rings. The second-order valence-corrected chi connectivity index (χ2v) is 6.60. The number of rotatable bonds is 1. The summed E-state index contributed by atoms with van der Waals surface area (Å²) in [5, 5.41) is 0. The van der Waals surface area contributed by atoms with Gasteiger partial charge in [-0.2, -0.15) is 0 Å². The van der Waals surface area contributed by atoms with Crippen LogP contribution in [-0.2, 0) is 5.41 Å². The molecule has 0 radical (unpaired) electrons. The van der Waals surface area contributed by atoms with Gasteiger partial charge in [-0.1, -0.05) is 31.0 Å². The zero-order valence-electron chi connectivity index (χ0n) is 13.3. The number of benzene rings is 2. The van der Waals surface area contributed by atoms with E-state index in [4.69, 9.17) is 5.73 Å². The molecule has 2 aromatic carbocycles. The Labute approximate surface area is 147 Å². The molecule has 2 N–H and O–H groups in total. The van der Waals surface area contributed by atoms with Crippen molar-refractivity contribution in [2.75, 3.05) is 17.2 Å². The third-order valence-electron chi connectivity index (χ3n) is 5.27. The first-order valence-electron chi connectivity index (χ1n) is 8.08. The number of anilines is 2. The van der Waals surface area contributed by atoms with Crippen molar-refractivity contribution in [3.63, 3.8) is 0 Å². The summed E-state index contributed by atoms with van der Waals surface area (Å²) >= 11 is 0. The average Bonchev–Trinajstić information content (AvgIpc) is 3.14. The van der Waals surface area contributed by atoms with Crippen molar-refractivity contribution in [1.82, 2.24) is 0 Å². The number of carbonyl (C=O) groups excluding carboxylic acids is 1. The monoisotopic (exact) mass is 346 g/mol. The van der Waals surface area contributed by atoms with Crippen molar-refractivity contribution >= 4 is 29.7 Å². The van der Waals surface area contributed by atoms with E-state index >= 15 is 0 Å². The number of fused-ring (bicyclic) bond motifs is 2. The highest BCUT2D eigenvalue weighted by Gasteiger charge is 2.48. The maximum Gasteiger partial charge on any atom is 0.260 e. The third kappa shape index (κ3) is 2.37. The van der Waals surface area contributed by atoms with E-state index in [2.05, 4.69) is 0 Å². The van der Waals surface area contributed by atoms with Crippen molar-refractivity contribution in [3.05, 3.63) is 59.4 Å². The number of nitrogens with zero attached hydrogens (tertiary/aromatic N) is 1. The first-order chi connectivity index (χ1) is 11.1. The first kappa shape index (κ1) is 16.8. The summed E-state index contributed by atoms with van der Waals surface area (Å²) in [6, 6.07) is 12.1. The summed E-state index contributed by atoms with van der Waals surface area (Å²) in [4.78, 5) is 14.7. The Hall–Kier alpha value is -2.07. The van der Waals surface area contributed by atoms with Crippen LogP contribution in [0.2, 0.25) is 0 Å². The molecule has 24 heavy (non-hydrogen) atoms. The summed E-state index contributed by atoms with van der Waals surface area (Å²) in [5.74, 6) is -0.334. The number of carbonyl (C=O) groups is 1. The van der Waals surface area contributed by atoms with Crippen LogP contribution in [0.4, 0.5) is 15.8 Å². The van der Waals surface area contributed by atoms with Crippen molar-refractivity contribution in [2.45, 2.75) is 31.1 Å². The molecule has 0 saturated heterocycles. The van der Waals surface area contributed by atoms with Crippen molar-refractivity contribution in [3.8, 4) is 0 Å². The molecule has 1 aliphatic heterocycles. The van der Waals surface area contributed by atoms with E-state index < -0.39 is 0 Å². The standard InChI is InChI=1S/C19H19FN2O.ClH/c20-14-7-5-9-16-17(14)19(10-3-4-11-19)12-22(16)18(23)13-6-1-2-8-15(13)21;/h1-2,5-9H,3-4,10-12,21H2;1H. The Bertz CT molecular complexity index is 787. The van der Waals surface area contributed by atoms with E-state index in [0.29, 0.717) is 23.5 Å². The van der Waals surface area contributed by atoms with Crippen LogP contribution in [0.3, 0.4) is 0 Å². The molecule has 3 nitrogen and oxygen atoms in total. The lowest BCUT2D eigenvalue weighted by Gasteiger charge is -2.25. The fourth-order valence-electron chi connectivity index (χ4n) is 4.21. The molecular formula is C19H20ClFN2O. The Morgan fingerprint density at radius 3 is 2.50 bits per heavy atom. The van der Waals surface area contributed by atoms with E-state index in [0.717, 1.165) is 31.2 Å². The lowest BCUT2D eigenvalue weighted by molar-refractivity contribution is 0.0985. The van der Waals surface area contributed by atoms with Crippen LogP contribution >= 0.6 is 12.4 Å². The number of nitrogens with two attached hydrogens (primary N) is 1. The van der Waals surface area contributed by atoms with Crippen LogP contribution in [-0.4, -0.2) is 12.5 Å². The fourth-order valence-corrected chi connectivity index (χ4v) is 4.21. The maximum atomic E-state index is 14.5. The topological polar surface area (TPSA) is 46.3 Å². The number of nitrogen functional groups attached to an aromatic ring is 1. The van der Waals surface area contributed by atoms with Gasteiger partial charge in [-0.15, -0.1) is 12.4 Å². The summed E-state index contributed by atoms with van der Waals surface area (Å²) in [6.07, 6.45) is 4.05. The molecule has 4 rings (SSSR count). The molecule has 1 aliphatic carbocycles.